The number of hydrogen-bond donors (Lipinski definition) is 0. The first-order chi connectivity index (χ1) is 16.0. The van der Waals surface area contributed by atoms with Gasteiger partial charge in [-0.05, 0) is 44.0 Å². The number of furan rings is 1. The van der Waals surface area contributed by atoms with Crippen LogP contribution in [-0.4, -0.2) is 47.2 Å². The van der Waals surface area contributed by atoms with Gasteiger partial charge in [0.2, 0.25) is 0 Å². The van der Waals surface area contributed by atoms with Gasteiger partial charge in [-0.1, -0.05) is 53.4 Å². The number of aromatic nitrogens is 2. The Morgan fingerprint density at radius 1 is 1.03 bits per heavy atom. The van der Waals surface area contributed by atoms with Crippen LogP contribution in [0, 0.1) is 20.8 Å². The number of amides is 1. The number of aryl methyl sites for hydroxylation is 2. The Labute approximate surface area is 201 Å². The Kier molecular flexibility index (Phi) is 6.12. The molecule has 3 heterocycles. The third-order valence-corrected chi connectivity index (χ3v) is 8.22. The highest BCUT2D eigenvalue weighted by Gasteiger charge is 2.28. The van der Waals surface area contributed by atoms with Crippen molar-refractivity contribution in [1.82, 2.24) is 15.1 Å². The van der Waals surface area contributed by atoms with Gasteiger partial charge >= 0.3 is 0 Å². The highest BCUT2D eigenvalue weighted by Crippen LogP contribution is 2.34. The lowest BCUT2D eigenvalue weighted by Crippen LogP contribution is -2.49. The first kappa shape index (κ1) is 22.0. The zero-order valence-corrected chi connectivity index (χ0v) is 20.6. The van der Waals surface area contributed by atoms with Crippen molar-refractivity contribution in [2.75, 3.05) is 31.1 Å². The summed E-state index contributed by atoms with van der Waals surface area (Å²) in [4.78, 5) is 17.8. The molecule has 2 aromatic heterocycles. The van der Waals surface area contributed by atoms with Gasteiger partial charge in [-0.25, -0.2) is 0 Å². The van der Waals surface area contributed by atoms with E-state index in [9.17, 15) is 4.79 Å². The van der Waals surface area contributed by atoms with Gasteiger partial charge in [-0.15, -0.1) is 10.2 Å². The van der Waals surface area contributed by atoms with Gasteiger partial charge in [0.15, 0.2) is 10.1 Å². The normalized spacial score (nSPS) is 14.3. The fraction of sp³-hybridized carbons (Fsp3) is 0.320. The smallest absolute Gasteiger partial charge is 0.290 e. The summed E-state index contributed by atoms with van der Waals surface area (Å²) >= 11 is 3.17. The van der Waals surface area contributed by atoms with Crippen LogP contribution < -0.4 is 4.90 Å². The van der Waals surface area contributed by atoms with Gasteiger partial charge in [0.25, 0.3) is 5.91 Å². The molecule has 1 amide bonds. The molecule has 1 fully saturated rings. The summed E-state index contributed by atoms with van der Waals surface area (Å²) in [5.74, 6) is 1.04. The van der Waals surface area contributed by atoms with E-state index in [4.69, 9.17) is 4.42 Å². The molecule has 0 saturated carbocycles. The standard InChI is InChI=1S/C25H26N4O2S2/c1-16-7-6-9-21(17(16)2)28-11-13-29(14-12-28)24(30)23-20(15-32-25-27-26-18(3)33-25)19-8-4-5-10-22(19)31-23/h4-10H,11-15H2,1-3H3. The molecule has 0 N–H and O–H groups in total. The summed E-state index contributed by atoms with van der Waals surface area (Å²) < 4.78 is 7.00. The van der Waals surface area contributed by atoms with Gasteiger partial charge in [0.1, 0.15) is 10.6 Å². The van der Waals surface area contributed by atoms with Crippen LogP contribution in [0.1, 0.15) is 32.3 Å². The summed E-state index contributed by atoms with van der Waals surface area (Å²) in [5.41, 5.74) is 5.54. The van der Waals surface area contributed by atoms with E-state index in [0.29, 0.717) is 24.6 Å². The second-order valence-corrected chi connectivity index (χ2v) is 10.7. The highest BCUT2D eigenvalue weighted by molar-refractivity contribution is 8.00. The maximum atomic E-state index is 13.5. The molecule has 1 aliphatic heterocycles. The maximum absolute atomic E-state index is 13.5. The van der Waals surface area contributed by atoms with E-state index in [1.165, 1.54) is 16.8 Å². The fourth-order valence-electron chi connectivity index (χ4n) is 4.26. The van der Waals surface area contributed by atoms with Crippen molar-refractivity contribution >= 4 is 45.7 Å². The molecule has 8 heteroatoms. The highest BCUT2D eigenvalue weighted by atomic mass is 32.2. The molecule has 2 aromatic carbocycles. The molecule has 170 valence electrons. The fourth-order valence-corrected chi connectivity index (χ4v) is 6.10. The van der Waals surface area contributed by atoms with Crippen molar-refractivity contribution in [1.29, 1.82) is 0 Å². The lowest BCUT2D eigenvalue weighted by atomic mass is 10.1. The molecule has 1 aliphatic rings. The Hall–Kier alpha value is -2.84. The Morgan fingerprint density at radius 2 is 1.82 bits per heavy atom. The van der Waals surface area contributed by atoms with Crippen LogP contribution in [0.3, 0.4) is 0 Å². The number of piperazine rings is 1. The van der Waals surface area contributed by atoms with E-state index < -0.39 is 0 Å². The first-order valence-electron chi connectivity index (χ1n) is 11.0. The second kappa shape index (κ2) is 9.19. The molecule has 0 spiro atoms. The number of hydrogen-bond acceptors (Lipinski definition) is 7. The summed E-state index contributed by atoms with van der Waals surface area (Å²) in [7, 11) is 0. The molecule has 0 atom stereocenters. The molecule has 0 radical (unpaired) electrons. The van der Waals surface area contributed by atoms with Crippen LogP contribution in [-0.2, 0) is 5.75 Å². The lowest BCUT2D eigenvalue weighted by molar-refractivity contribution is 0.0716. The average molecular weight is 479 g/mol. The minimum Gasteiger partial charge on any atom is -0.451 e. The van der Waals surface area contributed by atoms with Crippen molar-refractivity contribution in [2.45, 2.75) is 30.9 Å². The van der Waals surface area contributed by atoms with Crippen molar-refractivity contribution in [2.24, 2.45) is 0 Å². The van der Waals surface area contributed by atoms with Gasteiger partial charge in [0.05, 0.1) is 0 Å². The molecule has 0 unspecified atom stereocenters. The van der Waals surface area contributed by atoms with Crippen LogP contribution in [0.15, 0.2) is 51.2 Å². The number of rotatable bonds is 5. The van der Waals surface area contributed by atoms with Gasteiger partial charge in [-0.2, -0.15) is 0 Å². The van der Waals surface area contributed by atoms with Crippen LogP contribution in [0.25, 0.3) is 11.0 Å². The first-order valence-corrected chi connectivity index (χ1v) is 12.8. The number of nitrogens with zero attached hydrogens (tertiary/aromatic N) is 4. The number of fused-ring (bicyclic) bond motifs is 1. The average Bonchev–Trinajstić information content (AvgIpc) is 3.42. The number of benzene rings is 2. The van der Waals surface area contributed by atoms with E-state index in [1.807, 2.05) is 36.1 Å². The van der Waals surface area contributed by atoms with Gasteiger partial charge < -0.3 is 14.2 Å². The van der Waals surface area contributed by atoms with E-state index in [1.54, 1.807) is 23.1 Å². The number of para-hydroxylation sites is 1. The topological polar surface area (TPSA) is 62.5 Å². The van der Waals surface area contributed by atoms with E-state index in [-0.39, 0.29) is 5.91 Å². The van der Waals surface area contributed by atoms with Crippen molar-refractivity contribution in [3.8, 4) is 0 Å². The summed E-state index contributed by atoms with van der Waals surface area (Å²) in [6.07, 6.45) is 0. The Morgan fingerprint density at radius 3 is 2.58 bits per heavy atom. The minimum atomic E-state index is -0.0316. The third kappa shape index (κ3) is 4.37. The second-order valence-electron chi connectivity index (χ2n) is 8.28. The molecule has 1 saturated heterocycles. The zero-order valence-electron chi connectivity index (χ0n) is 19.0. The van der Waals surface area contributed by atoms with E-state index >= 15 is 0 Å². The molecular formula is C25H26N4O2S2. The number of anilines is 1. The largest absolute Gasteiger partial charge is 0.451 e. The van der Waals surface area contributed by atoms with Crippen LogP contribution >= 0.6 is 23.1 Å². The molecule has 5 rings (SSSR count). The van der Waals surface area contributed by atoms with Crippen molar-refractivity contribution < 1.29 is 9.21 Å². The Balaban J connectivity index is 1.35. The molecule has 6 nitrogen and oxygen atoms in total. The maximum Gasteiger partial charge on any atom is 0.290 e. The van der Waals surface area contributed by atoms with Crippen LogP contribution in [0.2, 0.25) is 0 Å². The SMILES string of the molecule is Cc1nnc(SCc2c(C(=O)N3CCN(c4cccc(C)c4C)CC3)oc3ccccc23)s1. The van der Waals surface area contributed by atoms with Crippen molar-refractivity contribution in [3.63, 3.8) is 0 Å². The number of thioether (sulfide) groups is 1. The molecule has 33 heavy (non-hydrogen) atoms. The predicted octanol–water partition coefficient (Wildman–Crippen LogP) is 5.46. The van der Waals surface area contributed by atoms with Crippen LogP contribution in [0.4, 0.5) is 5.69 Å². The summed E-state index contributed by atoms with van der Waals surface area (Å²) in [5, 5.41) is 10.2. The summed E-state index contributed by atoms with van der Waals surface area (Å²) in [6, 6.07) is 14.3. The number of carbonyl (C=O) groups excluding carboxylic acids is 1. The molecule has 0 bridgehead atoms. The summed E-state index contributed by atoms with van der Waals surface area (Å²) in [6.45, 7) is 9.22. The zero-order chi connectivity index (χ0) is 22.9. The van der Waals surface area contributed by atoms with Gasteiger partial charge in [0, 0.05) is 48.6 Å². The van der Waals surface area contributed by atoms with Crippen LogP contribution in [0.5, 0.6) is 0 Å². The molecule has 0 aliphatic carbocycles. The lowest BCUT2D eigenvalue weighted by Gasteiger charge is -2.36. The Bertz CT molecular complexity index is 1300. The monoisotopic (exact) mass is 478 g/mol. The minimum absolute atomic E-state index is 0.0316. The van der Waals surface area contributed by atoms with Gasteiger partial charge in [-0.3, -0.25) is 4.79 Å². The van der Waals surface area contributed by atoms with E-state index in [0.717, 1.165) is 39.0 Å². The molecular weight excluding hydrogens is 452 g/mol. The quantitative estimate of drug-likeness (QED) is 0.355. The van der Waals surface area contributed by atoms with E-state index in [2.05, 4.69) is 47.1 Å². The number of carbonyl (C=O) groups is 1. The van der Waals surface area contributed by atoms with Crippen molar-refractivity contribution in [3.05, 3.63) is 69.9 Å². The molecule has 4 aromatic rings. The predicted molar refractivity (Wildman–Crippen MR) is 134 cm³/mol. The third-order valence-electron chi connectivity index (χ3n) is 6.22.